The first-order valence-electron chi connectivity index (χ1n) is 8.04. The molecule has 0 radical (unpaired) electrons. The molecule has 20 heavy (non-hydrogen) atoms. The maximum atomic E-state index is 11.8. The minimum atomic E-state index is -0.127. The summed E-state index contributed by atoms with van der Waals surface area (Å²) in [6.45, 7) is 6.28. The van der Waals surface area contributed by atoms with Gasteiger partial charge in [-0.3, -0.25) is 4.79 Å². The van der Waals surface area contributed by atoms with Crippen LogP contribution in [0.5, 0.6) is 0 Å². The van der Waals surface area contributed by atoms with Crippen LogP contribution >= 0.6 is 11.8 Å². The van der Waals surface area contributed by atoms with Gasteiger partial charge in [0.2, 0.25) is 5.12 Å². The molecule has 0 bridgehead atoms. The minimum absolute atomic E-state index is 0.127. The van der Waals surface area contributed by atoms with Crippen LogP contribution in [0.25, 0.3) is 0 Å². The van der Waals surface area contributed by atoms with Crippen LogP contribution < -0.4 is 0 Å². The number of hydrogen-bond acceptors (Lipinski definition) is 3. The number of ether oxygens (including phenoxy) is 1. The van der Waals surface area contributed by atoms with Crippen LogP contribution in [0, 0.1) is 0 Å². The second-order valence-corrected chi connectivity index (χ2v) is 7.48. The van der Waals surface area contributed by atoms with Gasteiger partial charge in [-0.05, 0) is 20.3 Å². The van der Waals surface area contributed by atoms with Crippen molar-refractivity contribution in [2.45, 2.75) is 83.3 Å². The van der Waals surface area contributed by atoms with Crippen molar-refractivity contribution in [2.24, 2.45) is 0 Å². The standard InChI is InChI=1S/C17H30O2S/c1-5-6-7-8-9-10-11-12-13-17(3)15(19-4)14(2)16(18)20-17/h5-13H2,1-4H3/t17-/m0/s1. The number of methoxy groups -OCH3 is 1. The van der Waals surface area contributed by atoms with Crippen molar-refractivity contribution in [3.63, 3.8) is 0 Å². The SMILES string of the molecule is CCCCCCCCCC[C@]1(C)SC(=O)C(C)=C1OC. The number of carbonyl (C=O) groups is 1. The Morgan fingerprint density at radius 3 is 2.15 bits per heavy atom. The molecule has 1 heterocycles. The van der Waals surface area contributed by atoms with Gasteiger partial charge in [-0.25, -0.2) is 0 Å². The van der Waals surface area contributed by atoms with Crippen LogP contribution in [0.4, 0.5) is 0 Å². The average molecular weight is 298 g/mol. The molecule has 0 aromatic rings. The van der Waals surface area contributed by atoms with E-state index in [1.54, 1.807) is 7.11 Å². The van der Waals surface area contributed by atoms with Gasteiger partial charge >= 0.3 is 0 Å². The van der Waals surface area contributed by atoms with Gasteiger partial charge in [0.15, 0.2) is 0 Å². The molecule has 0 fully saturated rings. The van der Waals surface area contributed by atoms with Gasteiger partial charge < -0.3 is 4.74 Å². The van der Waals surface area contributed by atoms with E-state index in [4.69, 9.17) is 4.74 Å². The molecule has 0 saturated carbocycles. The van der Waals surface area contributed by atoms with Crippen LogP contribution in [0.2, 0.25) is 0 Å². The lowest BCUT2D eigenvalue weighted by Crippen LogP contribution is -2.21. The Balaban J connectivity index is 2.23. The largest absolute Gasteiger partial charge is 0.499 e. The Bertz CT molecular complexity index is 349. The minimum Gasteiger partial charge on any atom is -0.499 e. The highest BCUT2D eigenvalue weighted by atomic mass is 32.2. The fraction of sp³-hybridized carbons (Fsp3) is 0.824. The van der Waals surface area contributed by atoms with E-state index in [1.807, 2.05) is 6.92 Å². The van der Waals surface area contributed by atoms with Crippen LogP contribution in [0.1, 0.15) is 78.6 Å². The Hall–Kier alpha value is -0.440. The highest BCUT2D eigenvalue weighted by molar-refractivity contribution is 8.15. The van der Waals surface area contributed by atoms with E-state index in [0.717, 1.165) is 17.8 Å². The average Bonchev–Trinajstić information content (AvgIpc) is 2.63. The van der Waals surface area contributed by atoms with Gasteiger partial charge in [0, 0.05) is 5.57 Å². The first kappa shape index (κ1) is 17.6. The second-order valence-electron chi connectivity index (χ2n) is 6.00. The van der Waals surface area contributed by atoms with Crippen LogP contribution in [-0.4, -0.2) is 17.0 Å². The molecule has 1 rings (SSSR count). The van der Waals surface area contributed by atoms with Gasteiger partial charge in [0.1, 0.15) is 5.76 Å². The molecule has 0 amide bonds. The number of hydrogen-bond donors (Lipinski definition) is 0. The summed E-state index contributed by atoms with van der Waals surface area (Å²) in [6, 6.07) is 0. The molecule has 3 heteroatoms. The molecule has 1 aliphatic heterocycles. The van der Waals surface area contributed by atoms with Crippen LogP contribution in [0.15, 0.2) is 11.3 Å². The van der Waals surface area contributed by atoms with Crippen molar-refractivity contribution in [3.8, 4) is 0 Å². The predicted molar refractivity (Wildman–Crippen MR) is 87.9 cm³/mol. The van der Waals surface area contributed by atoms with E-state index in [0.29, 0.717) is 0 Å². The molecule has 0 aliphatic carbocycles. The third kappa shape index (κ3) is 4.83. The zero-order chi connectivity index (χ0) is 15.0. The fourth-order valence-electron chi connectivity index (χ4n) is 2.95. The fourth-order valence-corrected chi connectivity index (χ4v) is 4.18. The molecular formula is C17H30O2S. The van der Waals surface area contributed by atoms with E-state index in [1.165, 1.54) is 63.1 Å². The first-order valence-corrected chi connectivity index (χ1v) is 8.85. The molecule has 116 valence electrons. The lowest BCUT2D eigenvalue weighted by Gasteiger charge is -2.25. The topological polar surface area (TPSA) is 26.3 Å². The molecule has 0 N–H and O–H groups in total. The Morgan fingerprint density at radius 1 is 1.05 bits per heavy atom. The molecule has 0 aromatic heterocycles. The van der Waals surface area contributed by atoms with Crippen molar-refractivity contribution in [1.82, 2.24) is 0 Å². The zero-order valence-electron chi connectivity index (χ0n) is 13.6. The quantitative estimate of drug-likeness (QED) is 0.500. The highest BCUT2D eigenvalue weighted by Gasteiger charge is 2.42. The molecule has 0 aromatic carbocycles. The molecule has 0 spiro atoms. The Morgan fingerprint density at radius 2 is 1.60 bits per heavy atom. The number of thioether (sulfide) groups is 1. The number of unbranched alkanes of at least 4 members (excludes halogenated alkanes) is 7. The normalized spacial score (nSPS) is 22.7. The highest BCUT2D eigenvalue weighted by Crippen LogP contribution is 2.46. The molecule has 2 nitrogen and oxygen atoms in total. The van der Waals surface area contributed by atoms with Crippen molar-refractivity contribution < 1.29 is 9.53 Å². The van der Waals surface area contributed by atoms with Gasteiger partial charge in [-0.15, -0.1) is 0 Å². The van der Waals surface area contributed by atoms with E-state index in [-0.39, 0.29) is 9.86 Å². The van der Waals surface area contributed by atoms with Crippen LogP contribution in [0.3, 0.4) is 0 Å². The van der Waals surface area contributed by atoms with Crippen molar-refractivity contribution in [2.75, 3.05) is 7.11 Å². The summed E-state index contributed by atoms with van der Waals surface area (Å²) < 4.78 is 5.34. The zero-order valence-corrected chi connectivity index (χ0v) is 14.4. The summed E-state index contributed by atoms with van der Waals surface area (Å²) in [4.78, 5) is 11.8. The van der Waals surface area contributed by atoms with Gasteiger partial charge in [-0.1, -0.05) is 70.1 Å². The van der Waals surface area contributed by atoms with E-state index in [9.17, 15) is 4.79 Å². The maximum Gasteiger partial charge on any atom is 0.219 e. The molecule has 0 unspecified atom stereocenters. The maximum absolute atomic E-state index is 11.8. The summed E-state index contributed by atoms with van der Waals surface area (Å²) in [7, 11) is 1.68. The lowest BCUT2D eigenvalue weighted by atomic mass is 9.97. The van der Waals surface area contributed by atoms with Gasteiger partial charge in [-0.2, -0.15) is 0 Å². The van der Waals surface area contributed by atoms with E-state index >= 15 is 0 Å². The van der Waals surface area contributed by atoms with Crippen LogP contribution in [-0.2, 0) is 9.53 Å². The van der Waals surface area contributed by atoms with E-state index in [2.05, 4.69) is 13.8 Å². The van der Waals surface area contributed by atoms with Gasteiger partial charge in [0.25, 0.3) is 0 Å². The first-order chi connectivity index (χ1) is 9.55. The number of carbonyl (C=O) groups excluding carboxylic acids is 1. The van der Waals surface area contributed by atoms with E-state index < -0.39 is 0 Å². The Kier molecular flexibility index (Phi) is 7.71. The molecule has 0 saturated heterocycles. The third-order valence-corrected chi connectivity index (χ3v) is 5.49. The number of rotatable bonds is 10. The molecule has 1 aliphatic rings. The summed E-state index contributed by atoms with van der Waals surface area (Å²) >= 11 is 1.45. The molecule has 1 atom stereocenters. The smallest absolute Gasteiger partial charge is 0.219 e. The Labute approximate surface area is 128 Å². The predicted octanol–water partition coefficient (Wildman–Crippen LogP) is 5.47. The van der Waals surface area contributed by atoms with Crippen molar-refractivity contribution in [1.29, 1.82) is 0 Å². The van der Waals surface area contributed by atoms with Gasteiger partial charge in [0.05, 0.1) is 11.9 Å². The summed E-state index contributed by atoms with van der Waals surface area (Å²) in [6.07, 6.45) is 11.6. The third-order valence-electron chi connectivity index (χ3n) is 4.16. The van der Waals surface area contributed by atoms with Crippen molar-refractivity contribution in [3.05, 3.63) is 11.3 Å². The monoisotopic (exact) mass is 298 g/mol. The summed E-state index contributed by atoms with van der Waals surface area (Å²) in [5.41, 5.74) is 0.805. The summed E-state index contributed by atoms with van der Waals surface area (Å²) in [5.74, 6) is 0.899. The molecular weight excluding hydrogens is 268 g/mol. The van der Waals surface area contributed by atoms with Crippen molar-refractivity contribution >= 4 is 16.9 Å². The lowest BCUT2D eigenvalue weighted by molar-refractivity contribution is -0.107. The summed E-state index contributed by atoms with van der Waals surface area (Å²) in [5, 5.41) is 0.184. The second kappa shape index (κ2) is 8.76.